The van der Waals surface area contributed by atoms with E-state index in [1.54, 1.807) is 7.11 Å². The van der Waals surface area contributed by atoms with Crippen LogP contribution in [0, 0.1) is 6.92 Å². The van der Waals surface area contributed by atoms with Gasteiger partial charge in [-0.25, -0.2) is 4.98 Å². The second kappa shape index (κ2) is 7.67. The highest BCUT2D eigenvalue weighted by Crippen LogP contribution is 2.40. The first kappa shape index (κ1) is 19.7. The van der Waals surface area contributed by atoms with Crippen LogP contribution in [0.15, 0.2) is 34.9 Å². The molecule has 5 nitrogen and oxygen atoms in total. The highest BCUT2D eigenvalue weighted by atomic mass is 19.4. The van der Waals surface area contributed by atoms with Crippen LogP contribution in [-0.2, 0) is 12.7 Å². The second-order valence-electron chi connectivity index (χ2n) is 7.48. The summed E-state index contributed by atoms with van der Waals surface area (Å²) in [4.78, 5) is 6.35. The lowest BCUT2D eigenvalue weighted by Gasteiger charge is -2.32. The molecule has 0 spiro atoms. The Morgan fingerprint density at radius 3 is 2.86 bits per heavy atom. The molecule has 1 fully saturated rings. The average Bonchev–Trinajstić information content (AvgIpc) is 3.10. The molecule has 0 radical (unpaired) electrons. The first-order valence-corrected chi connectivity index (χ1v) is 9.54. The molecule has 0 bridgehead atoms. The average molecular weight is 405 g/mol. The molecule has 8 heteroatoms. The number of pyridine rings is 1. The molecular formula is C21H22F3N3O2. The summed E-state index contributed by atoms with van der Waals surface area (Å²) >= 11 is 0. The number of likely N-dealkylation sites (tertiary alicyclic amines) is 1. The summed E-state index contributed by atoms with van der Waals surface area (Å²) in [5.41, 5.74) is 0.952. The van der Waals surface area contributed by atoms with Gasteiger partial charge in [0.05, 0.1) is 23.8 Å². The number of aromatic nitrogens is 2. The van der Waals surface area contributed by atoms with E-state index in [4.69, 9.17) is 9.26 Å². The molecule has 1 aliphatic rings. The molecule has 154 valence electrons. The van der Waals surface area contributed by atoms with E-state index in [0.717, 1.165) is 36.8 Å². The summed E-state index contributed by atoms with van der Waals surface area (Å²) in [6.45, 7) is 3.72. The lowest BCUT2D eigenvalue weighted by atomic mass is 9.91. The van der Waals surface area contributed by atoms with Gasteiger partial charge in [-0.3, -0.25) is 4.90 Å². The predicted molar refractivity (Wildman–Crippen MR) is 102 cm³/mol. The highest BCUT2D eigenvalue weighted by Gasteiger charge is 2.37. The third kappa shape index (κ3) is 4.07. The summed E-state index contributed by atoms with van der Waals surface area (Å²) in [6, 6.07) is 8.89. The number of piperidine rings is 1. The maximum absolute atomic E-state index is 13.6. The van der Waals surface area contributed by atoms with E-state index in [2.05, 4.69) is 15.0 Å². The van der Waals surface area contributed by atoms with Crippen LogP contribution in [0.1, 0.15) is 41.3 Å². The first-order valence-electron chi connectivity index (χ1n) is 9.54. The Hall–Kier alpha value is -2.61. The third-order valence-corrected chi connectivity index (χ3v) is 5.34. The molecule has 0 unspecified atom stereocenters. The minimum atomic E-state index is -4.48. The van der Waals surface area contributed by atoms with Gasteiger partial charge in [0.15, 0.2) is 0 Å². The van der Waals surface area contributed by atoms with Crippen molar-refractivity contribution in [2.75, 3.05) is 20.2 Å². The van der Waals surface area contributed by atoms with Crippen LogP contribution in [0.25, 0.3) is 11.1 Å². The number of halogens is 3. The minimum absolute atomic E-state index is 0.00340. The number of rotatable bonds is 4. The fourth-order valence-electron chi connectivity index (χ4n) is 4.05. The van der Waals surface area contributed by atoms with Gasteiger partial charge >= 0.3 is 6.18 Å². The van der Waals surface area contributed by atoms with Crippen molar-refractivity contribution in [3.05, 3.63) is 52.8 Å². The number of benzene rings is 1. The molecule has 2 aromatic heterocycles. The molecule has 29 heavy (non-hydrogen) atoms. The monoisotopic (exact) mass is 405 g/mol. The van der Waals surface area contributed by atoms with Crippen LogP contribution >= 0.6 is 0 Å². The molecule has 1 aromatic carbocycles. The van der Waals surface area contributed by atoms with E-state index in [-0.39, 0.29) is 22.7 Å². The number of alkyl halides is 3. The van der Waals surface area contributed by atoms with Gasteiger partial charge < -0.3 is 9.26 Å². The normalized spacial score (nSPS) is 18.3. The number of ether oxygens (including phenoxy) is 1. The van der Waals surface area contributed by atoms with Crippen LogP contribution in [0.4, 0.5) is 13.2 Å². The molecule has 1 aliphatic heterocycles. The zero-order chi connectivity index (χ0) is 20.6. The molecule has 0 saturated carbocycles. The van der Waals surface area contributed by atoms with E-state index in [1.165, 1.54) is 6.92 Å². The van der Waals surface area contributed by atoms with Crippen molar-refractivity contribution in [2.24, 2.45) is 0 Å². The summed E-state index contributed by atoms with van der Waals surface area (Å²) in [7, 11) is 1.62. The van der Waals surface area contributed by atoms with Crippen molar-refractivity contribution >= 4 is 11.1 Å². The quantitative estimate of drug-likeness (QED) is 0.616. The Kier molecular flexibility index (Phi) is 5.21. The topological polar surface area (TPSA) is 51.4 Å². The molecular weight excluding hydrogens is 383 g/mol. The molecule has 3 heterocycles. The summed E-state index contributed by atoms with van der Waals surface area (Å²) in [6.07, 6.45) is -2.84. The van der Waals surface area contributed by atoms with E-state index in [1.807, 2.05) is 24.3 Å². The van der Waals surface area contributed by atoms with Gasteiger partial charge in [-0.15, -0.1) is 0 Å². The summed E-state index contributed by atoms with van der Waals surface area (Å²) in [5.74, 6) is 0.649. The molecule has 1 saturated heterocycles. The van der Waals surface area contributed by atoms with Crippen LogP contribution in [0.5, 0.6) is 5.75 Å². The number of hydrogen-bond donors (Lipinski definition) is 0. The van der Waals surface area contributed by atoms with Crippen LogP contribution in [-0.4, -0.2) is 35.2 Å². The van der Waals surface area contributed by atoms with E-state index in [0.29, 0.717) is 18.8 Å². The van der Waals surface area contributed by atoms with Gasteiger partial charge in [0.25, 0.3) is 5.71 Å². The van der Waals surface area contributed by atoms with E-state index in [9.17, 15) is 13.2 Å². The Morgan fingerprint density at radius 2 is 2.10 bits per heavy atom. The standard InChI is InChI=1S/C21H22F3N3O2/c1-13-9-17(21(22,23)24)18-19(26-29-20(18)25-13)15-6-4-8-27(12-15)11-14-5-3-7-16(10-14)28-2/h3,5,7,9-10,15H,4,6,8,11-12H2,1-2H3/t15-/m0/s1. The van der Waals surface area contributed by atoms with Crippen molar-refractivity contribution in [3.8, 4) is 5.75 Å². The second-order valence-corrected chi connectivity index (χ2v) is 7.48. The van der Waals surface area contributed by atoms with Crippen molar-refractivity contribution in [1.29, 1.82) is 0 Å². The van der Waals surface area contributed by atoms with Crippen LogP contribution in [0.2, 0.25) is 0 Å². The van der Waals surface area contributed by atoms with Crippen molar-refractivity contribution in [1.82, 2.24) is 15.0 Å². The summed E-state index contributed by atoms with van der Waals surface area (Å²) in [5, 5.41) is 4.02. The van der Waals surface area contributed by atoms with E-state index < -0.39 is 11.7 Å². The number of aryl methyl sites for hydroxylation is 1. The van der Waals surface area contributed by atoms with Gasteiger partial charge in [-0.1, -0.05) is 17.3 Å². The van der Waals surface area contributed by atoms with Crippen LogP contribution in [0.3, 0.4) is 0 Å². The zero-order valence-electron chi connectivity index (χ0n) is 16.3. The smallest absolute Gasteiger partial charge is 0.417 e. The highest BCUT2D eigenvalue weighted by molar-refractivity contribution is 5.81. The largest absolute Gasteiger partial charge is 0.497 e. The maximum Gasteiger partial charge on any atom is 0.417 e. The first-order chi connectivity index (χ1) is 13.8. The Labute approximate surface area is 166 Å². The fourth-order valence-corrected chi connectivity index (χ4v) is 4.05. The molecule has 0 amide bonds. The van der Waals surface area contributed by atoms with Gasteiger partial charge in [-0.05, 0) is 50.1 Å². The lowest BCUT2D eigenvalue weighted by molar-refractivity contribution is -0.136. The van der Waals surface area contributed by atoms with Gasteiger partial charge in [-0.2, -0.15) is 13.2 Å². The number of methoxy groups -OCH3 is 1. The van der Waals surface area contributed by atoms with Gasteiger partial charge in [0.2, 0.25) is 0 Å². The Balaban J connectivity index is 1.62. The van der Waals surface area contributed by atoms with Crippen molar-refractivity contribution in [2.45, 2.75) is 38.4 Å². The van der Waals surface area contributed by atoms with Crippen molar-refractivity contribution in [3.63, 3.8) is 0 Å². The van der Waals surface area contributed by atoms with Gasteiger partial charge in [0, 0.05) is 24.7 Å². The SMILES string of the molecule is COc1cccc(CN2CCC[C@H](c3noc4nc(C)cc(C(F)(F)F)c34)C2)c1. The third-order valence-electron chi connectivity index (χ3n) is 5.34. The molecule has 1 atom stereocenters. The van der Waals surface area contributed by atoms with Gasteiger partial charge in [0.1, 0.15) is 5.75 Å². The fraction of sp³-hybridized carbons (Fsp3) is 0.429. The minimum Gasteiger partial charge on any atom is -0.497 e. The Bertz CT molecular complexity index is 1020. The van der Waals surface area contributed by atoms with Crippen LogP contribution < -0.4 is 4.74 Å². The molecule has 4 rings (SSSR count). The zero-order valence-corrected chi connectivity index (χ0v) is 16.3. The number of nitrogens with zero attached hydrogens (tertiary/aromatic N) is 3. The molecule has 0 aliphatic carbocycles. The van der Waals surface area contributed by atoms with E-state index >= 15 is 0 Å². The number of fused-ring (bicyclic) bond motifs is 1. The summed E-state index contributed by atoms with van der Waals surface area (Å²) < 4.78 is 51.4. The maximum atomic E-state index is 13.6. The van der Waals surface area contributed by atoms with Crippen molar-refractivity contribution < 1.29 is 22.4 Å². The number of hydrogen-bond acceptors (Lipinski definition) is 5. The molecule has 3 aromatic rings. The lowest BCUT2D eigenvalue weighted by Crippen LogP contribution is -2.34. The predicted octanol–water partition coefficient (Wildman–Crippen LogP) is 4.94. The Morgan fingerprint density at radius 1 is 1.28 bits per heavy atom. The molecule has 0 N–H and O–H groups in total.